The van der Waals surface area contributed by atoms with E-state index < -0.39 is 0 Å². The van der Waals surface area contributed by atoms with Crippen LogP contribution in [0.25, 0.3) is 0 Å². The molecule has 0 aromatic rings. The van der Waals surface area contributed by atoms with Gasteiger partial charge in [0.2, 0.25) is 0 Å². The van der Waals surface area contributed by atoms with E-state index >= 15 is 0 Å². The molecule has 4 nitrogen and oxygen atoms in total. The van der Waals surface area contributed by atoms with E-state index in [-0.39, 0.29) is 11.9 Å². The molecule has 0 aromatic carbocycles. The fraction of sp³-hybridized carbons (Fsp3) is 0.368. The molecule has 0 aliphatic carbocycles. The smallest absolute Gasteiger partial charge is 0.346 e. The van der Waals surface area contributed by atoms with E-state index in [1.165, 1.54) is 60.3 Å². The maximum Gasteiger partial charge on any atom is 0.346 e. The van der Waals surface area contributed by atoms with Crippen molar-refractivity contribution in [3.05, 3.63) is 43.0 Å². The monoisotopic (exact) mass is 662 g/mol. The number of hydrogen-bond acceptors (Lipinski definition) is 15. The second kappa shape index (κ2) is 13.5. The second-order valence-electron chi connectivity index (χ2n) is 6.04. The van der Waals surface area contributed by atoms with E-state index in [4.69, 9.17) is 9.47 Å². The van der Waals surface area contributed by atoms with Gasteiger partial charge < -0.3 is 9.47 Å². The average molecular weight is 663 g/mol. The maximum atomic E-state index is 12.4. The third kappa shape index (κ3) is 6.73. The summed E-state index contributed by atoms with van der Waals surface area (Å²) in [6.45, 7) is 2.18. The lowest BCUT2D eigenvalue weighted by molar-refractivity contribution is -0.142. The van der Waals surface area contributed by atoms with Gasteiger partial charge in [0.1, 0.15) is 4.91 Å². The Balaban J connectivity index is 1.39. The molecule has 0 saturated heterocycles. The molecule has 34 heavy (non-hydrogen) atoms. The van der Waals surface area contributed by atoms with Crippen LogP contribution in [0.2, 0.25) is 0 Å². The Morgan fingerprint density at radius 2 is 1.21 bits per heavy atom. The molecule has 15 heteroatoms. The molecule has 0 amide bonds. The lowest BCUT2D eigenvalue weighted by Gasteiger charge is -2.07. The van der Waals surface area contributed by atoms with Gasteiger partial charge in [-0.1, -0.05) is 94.1 Å². The summed E-state index contributed by atoms with van der Waals surface area (Å²) < 4.78 is 21.4. The van der Waals surface area contributed by atoms with Crippen molar-refractivity contribution < 1.29 is 19.1 Å². The van der Waals surface area contributed by atoms with Crippen LogP contribution >= 0.6 is 129 Å². The summed E-state index contributed by atoms with van der Waals surface area (Å²) >= 11 is 19.3. The quantitative estimate of drug-likeness (QED) is 0.232. The van der Waals surface area contributed by atoms with Crippen LogP contribution in [0.4, 0.5) is 0 Å². The molecular weight excluding hydrogens is 645 g/mol. The van der Waals surface area contributed by atoms with Crippen molar-refractivity contribution in [3.63, 3.8) is 0 Å². The summed E-state index contributed by atoms with van der Waals surface area (Å²) in [5, 5.41) is 0. The van der Waals surface area contributed by atoms with Crippen LogP contribution in [0.1, 0.15) is 13.3 Å². The molecule has 0 unspecified atom stereocenters. The zero-order chi connectivity index (χ0) is 24.2. The third-order valence-electron chi connectivity index (χ3n) is 3.93. The van der Waals surface area contributed by atoms with Crippen LogP contribution in [-0.2, 0) is 19.1 Å². The predicted molar refractivity (Wildman–Crippen MR) is 169 cm³/mol. The van der Waals surface area contributed by atoms with Gasteiger partial charge in [0.25, 0.3) is 0 Å². The van der Waals surface area contributed by atoms with Gasteiger partial charge in [-0.3, -0.25) is 4.79 Å². The second-order valence-corrected chi connectivity index (χ2v) is 19.3. The summed E-state index contributed by atoms with van der Waals surface area (Å²) in [6, 6.07) is 0. The van der Waals surface area contributed by atoms with Gasteiger partial charge in [0.05, 0.1) is 58.3 Å². The number of carbonyl (C=O) groups excluding carboxylic acids is 2. The van der Waals surface area contributed by atoms with Crippen LogP contribution in [0.3, 0.4) is 0 Å². The minimum atomic E-state index is -0.326. The van der Waals surface area contributed by atoms with Crippen molar-refractivity contribution in [2.24, 2.45) is 0 Å². The predicted octanol–water partition coefficient (Wildman–Crippen LogP) is 9.17. The molecule has 4 rings (SSSR count). The van der Waals surface area contributed by atoms with E-state index in [1.807, 2.05) is 70.6 Å². The Labute approximate surface area is 246 Å². The lowest BCUT2D eigenvalue weighted by atomic mass is 10.5. The largest absolute Gasteiger partial charge is 0.466 e. The van der Waals surface area contributed by atoms with E-state index in [2.05, 4.69) is 12.5 Å². The Morgan fingerprint density at radius 3 is 1.68 bits per heavy atom. The van der Waals surface area contributed by atoms with Gasteiger partial charge in [-0.15, -0.1) is 35.3 Å². The first-order valence-electron chi connectivity index (χ1n) is 9.56. The molecule has 0 atom stereocenters. The van der Waals surface area contributed by atoms with Crippen molar-refractivity contribution in [1.82, 2.24) is 0 Å². The third-order valence-corrected chi connectivity index (χ3v) is 19.8. The normalized spacial score (nSPS) is 20.4. The number of methoxy groups -OCH3 is 1. The highest BCUT2D eigenvalue weighted by Crippen LogP contribution is 2.72. The molecule has 4 heterocycles. The molecule has 4 aliphatic rings. The van der Waals surface area contributed by atoms with Gasteiger partial charge in [0, 0.05) is 5.75 Å². The summed E-state index contributed by atoms with van der Waals surface area (Å²) in [6.07, 6.45) is 4.60. The fourth-order valence-electron chi connectivity index (χ4n) is 2.50. The van der Waals surface area contributed by atoms with Crippen LogP contribution in [0.5, 0.6) is 0 Å². The highest BCUT2D eigenvalue weighted by Gasteiger charge is 2.38. The summed E-state index contributed by atoms with van der Waals surface area (Å²) in [4.78, 5) is 24.7. The number of hydrogen-bond donors (Lipinski definition) is 0. The van der Waals surface area contributed by atoms with Crippen molar-refractivity contribution in [2.45, 2.75) is 13.3 Å². The van der Waals surface area contributed by atoms with Crippen molar-refractivity contribution in [1.29, 1.82) is 0 Å². The van der Waals surface area contributed by atoms with Crippen LogP contribution in [0, 0.1) is 0 Å². The van der Waals surface area contributed by atoms with E-state index in [0.29, 0.717) is 23.7 Å². The average Bonchev–Trinajstić information content (AvgIpc) is 3.59. The molecule has 0 saturated carbocycles. The van der Waals surface area contributed by atoms with E-state index in [0.717, 1.165) is 8.47 Å². The van der Waals surface area contributed by atoms with Gasteiger partial charge in [0.15, 0.2) is 0 Å². The number of ether oxygens (including phenoxy) is 2. The number of rotatable bonds is 8. The standard InChI is InChI=1S/C19H18O4S11/c1-5-23-8(20)6-7-26-11-9(10(21)22-2)27-14(28-11)15-31-18-19(32-15)34-17(33-18)16-29-12(24-3)13(25-4)30-16/h5-7H2,1-4H3. The number of thioether (sulfide) groups is 11. The maximum absolute atomic E-state index is 12.4. The first kappa shape index (κ1) is 28.5. The highest BCUT2D eigenvalue weighted by molar-refractivity contribution is 8.50. The Kier molecular flexibility index (Phi) is 11.3. The van der Waals surface area contributed by atoms with E-state index in [9.17, 15) is 9.59 Å². The van der Waals surface area contributed by atoms with Crippen molar-refractivity contribution >= 4 is 141 Å². The van der Waals surface area contributed by atoms with Crippen molar-refractivity contribution in [2.75, 3.05) is 32.0 Å². The minimum Gasteiger partial charge on any atom is -0.466 e. The Bertz CT molecular complexity index is 1020. The molecular formula is C19H18O4S11. The molecule has 0 aromatic heterocycles. The molecule has 0 bridgehead atoms. The first-order chi connectivity index (χ1) is 16.5. The van der Waals surface area contributed by atoms with Gasteiger partial charge in [-0.05, 0) is 19.4 Å². The fourth-order valence-corrected chi connectivity index (χ4v) is 18.5. The number of esters is 2. The summed E-state index contributed by atoms with van der Waals surface area (Å²) in [5.74, 6) is 0.0316. The molecule has 0 radical (unpaired) electrons. The van der Waals surface area contributed by atoms with Gasteiger partial charge >= 0.3 is 11.9 Å². The zero-order valence-corrected chi connectivity index (χ0v) is 27.2. The molecule has 0 fully saturated rings. The molecule has 0 N–H and O–H groups in total. The lowest BCUT2D eigenvalue weighted by Crippen LogP contribution is -2.05. The summed E-state index contributed by atoms with van der Waals surface area (Å²) in [5.41, 5.74) is 0. The number of carbonyl (C=O) groups is 2. The van der Waals surface area contributed by atoms with E-state index in [1.54, 1.807) is 42.2 Å². The van der Waals surface area contributed by atoms with Gasteiger partial charge in [-0.2, -0.15) is 0 Å². The van der Waals surface area contributed by atoms with Crippen LogP contribution < -0.4 is 0 Å². The van der Waals surface area contributed by atoms with Crippen LogP contribution in [0.15, 0.2) is 43.0 Å². The molecule has 4 aliphatic heterocycles. The zero-order valence-electron chi connectivity index (χ0n) is 18.2. The van der Waals surface area contributed by atoms with Crippen molar-refractivity contribution in [3.8, 4) is 0 Å². The SMILES string of the molecule is CCOC(=O)CCSC1=C(C(=O)OC)SC(=C2SC3=C(SC(=C4SC(SC)=C(SC)S4)S3)S2)S1. The Morgan fingerprint density at radius 1 is 0.735 bits per heavy atom. The van der Waals surface area contributed by atoms with Gasteiger partial charge in [-0.25, -0.2) is 4.79 Å². The molecule has 0 spiro atoms. The topological polar surface area (TPSA) is 52.6 Å². The van der Waals surface area contributed by atoms with Crippen LogP contribution in [-0.4, -0.2) is 43.9 Å². The first-order valence-corrected chi connectivity index (χ1v) is 19.5. The minimum absolute atomic E-state index is 0.214. The summed E-state index contributed by atoms with van der Waals surface area (Å²) in [7, 11) is 1.41. The Hall–Kier alpha value is 1.49. The highest BCUT2D eigenvalue weighted by atomic mass is 32.3. The molecule has 184 valence electrons.